The van der Waals surface area contributed by atoms with Gasteiger partial charge in [-0.3, -0.25) is 15.0 Å². The molecule has 0 amide bonds. The van der Waals surface area contributed by atoms with Crippen LogP contribution in [0.15, 0.2) is 88.7 Å². The fourth-order valence-electron chi connectivity index (χ4n) is 6.12. The molecule has 8 rings (SSSR count). The van der Waals surface area contributed by atoms with Gasteiger partial charge in [-0.2, -0.15) is 0 Å². The van der Waals surface area contributed by atoms with E-state index in [1.807, 2.05) is 49.1 Å². The van der Waals surface area contributed by atoms with E-state index >= 15 is 0 Å². The molecule has 0 saturated carbocycles. The summed E-state index contributed by atoms with van der Waals surface area (Å²) >= 11 is 1.90. The van der Waals surface area contributed by atoms with Gasteiger partial charge in [0.2, 0.25) is 0 Å². The molecule has 0 bridgehead atoms. The molecule has 2 aliphatic rings. The summed E-state index contributed by atoms with van der Waals surface area (Å²) in [6, 6.07) is 19.4. The monoisotopic (exact) mass is 742 g/mol. The average Bonchev–Trinajstić information content (AvgIpc) is 3.98. The molecule has 0 aliphatic carbocycles. The van der Waals surface area contributed by atoms with Gasteiger partial charge in [-0.15, -0.1) is 11.3 Å². The van der Waals surface area contributed by atoms with Crippen LogP contribution in [0, 0.1) is 26.7 Å². The molecular weight excluding hydrogens is 681 g/mol. The van der Waals surface area contributed by atoms with Crippen molar-refractivity contribution in [1.82, 2.24) is 19.9 Å². The Morgan fingerprint density at radius 2 is 1.52 bits per heavy atom. The molecule has 0 spiro atoms. The van der Waals surface area contributed by atoms with Crippen molar-refractivity contribution < 1.29 is 0 Å². The summed E-state index contributed by atoms with van der Waals surface area (Å²) in [5, 5.41) is 0. The molecule has 6 heterocycles. The maximum atomic E-state index is 4.36. The summed E-state index contributed by atoms with van der Waals surface area (Å²) in [6.07, 6.45) is 13.1. The molecule has 2 aromatic carbocycles. The molecule has 2 N–H and O–H groups in total. The third kappa shape index (κ3) is 12.2. The predicted octanol–water partition coefficient (Wildman–Crippen LogP) is 13.7. The first-order chi connectivity index (χ1) is 25.7. The van der Waals surface area contributed by atoms with Gasteiger partial charge in [0.1, 0.15) is 5.82 Å². The minimum absolute atomic E-state index is 0.546. The SMILES string of the molecule is CC(C)C1=CCC=N1.CC(C)c1cnc2cc[nH]c2c1.CCc1ccc2nc(C)[nH]c2c1.Cc1cc2c(cc1C(C)C)N=CC2.Cc1ccc(C(C)C)s1. The molecule has 54 heavy (non-hydrogen) atoms. The second-order valence-electron chi connectivity index (χ2n) is 15.3. The predicted molar refractivity (Wildman–Crippen MR) is 237 cm³/mol. The normalized spacial score (nSPS) is 12.6. The number of imidazole rings is 1. The molecule has 2 aliphatic heterocycles. The highest BCUT2D eigenvalue weighted by Gasteiger charge is 2.11. The zero-order chi connectivity index (χ0) is 39.4. The Kier molecular flexibility index (Phi) is 15.7. The van der Waals surface area contributed by atoms with Crippen LogP contribution in [-0.2, 0) is 12.8 Å². The quantitative estimate of drug-likeness (QED) is 0.184. The summed E-state index contributed by atoms with van der Waals surface area (Å²) in [5.41, 5.74) is 13.6. The first kappa shape index (κ1) is 42.1. The van der Waals surface area contributed by atoms with E-state index in [-0.39, 0.29) is 0 Å². The molecule has 4 aromatic heterocycles. The summed E-state index contributed by atoms with van der Waals surface area (Å²) < 4.78 is 0. The number of fused-ring (bicyclic) bond motifs is 3. The topological polar surface area (TPSA) is 82.1 Å². The molecule has 0 fully saturated rings. The maximum Gasteiger partial charge on any atom is 0.104 e. The van der Waals surface area contributed by atoms with Crippen LogP contribution in [0.2, 0.25) is 0 Å². The number of rotatable bonds is 5. The molecule has 6 aromatic rings. The Labute approximate surface area is 328 Å². The van der Waals surface area contributed by atoms with Crippen molar-refractivity contribution >= 4 is 51.5 Å². The third-order valence-corrected chi connectivity index (χ3v) is 10.7. The van der Waals surface area contributed by atoms with Crippen LogP contribution in [0.5, 0.6) is 0 Å². The van der Waals surface area contributed by atoms with E-state index in [2.05, 4.69) is 161 Å². The highest BCUT2D eigenvalue weighted by molar-refractivity contribution is 7.12. The number of thiophene rings is 1. The number of benzene rings is 2. The summed E-state index contributed by atoms with van der Waals surface area (Å²) in [7, 11) is 0. The number of H-pyrrole nitrogens is 2. The Bertz CT molecular complexity index is 2170. The molecule has 0 unspecified atom stereocenters. The summed E-state index contributed by atoms with van der Waals surface area (Å²) in [4.78, 5) is 26.5. The standard InChI is InChI=1S/C12H15N.2C10H12N2.C8H12S.C7H11N/c1-8(2)11-7-12-10(4-5-13-12)6-9(11)3;1-7(2)8-5-10-9(12-6-8)3-4-11-10;1-3-8-4-5-9-10(6-8)12-7(2)11-9;1-6(2)8-5-4-7(3)9-8;1-6(2)7-4-3-5-8-7/h5-8H,4H2,1-3H3;3-7,11H,1-2H3;4-6H,3H2,1-2H3,(H,11,12);4-6H,1-3H3;4-6H,3H2,1-2H3. The largest absolute Gasteiger partial charge is 0.360 e. The Balaban J connectivity index is 0.000000152. The van der Waals surface area contributed by atoms with Crippen LogP contribution in [0.4, 0.5) is 5.69 Å². The van der Waals surface area contributed by atoms with Crippen LogP contribution < -0.4 is 0 Å². The highest BCUT2D eigenvalue weighted by Crippen LogP contribution is 2.31. The number of nitrogens with one attached hydrogen (secondary N) is 2. The average molecular weight is 743 g/mol. The van der Waals surface area contributed by atoms with Crippen molar-refractivity contribution in [2.75, 3.05) is 0 Å². The summed E-state index contributed by atoms with van der Waals surface area (Å²) in [5.74, 6) is 3.43. The van der Waals surface area contributed by atoms with Gasteiger partial charge in [-0.1, -0.05) is 80.5 Å². The van der Waals surface area contributed by atoms with Crippen LogP contribution in [0.3, 0.4) is 0 Å². The zero-order valence-electron chi connectivity index (χ0n) is 34.7. The van der Waals surface area contributed by atoms with Crippen molar-refractivity contribution in [3.05, 3.63) is 122 Å². The number of aryl methyl sites for hydroxylation is 4. The highest BCUT2D eigenvalue weighted by atomic mass is 32.1. The molecule has 286 valence electrons. The van der Waals surface area contributed by atoms with E-state index in [9.17, 15) is 0 Å². The Hall–Kier alpha value is -4.62. The lowest BCUT2D eigenvalue weighted by Crippen LogP contribution is -1.93. The number of aromatic nitrogens is 4. The van der Waals surface area contributed by atoms with Crippen LogP contribution in [-0.4, -0.2) is 32.4 Å². The van der Waals surface area contributed by atoms with Gasteiger partial charge in [0.25, 0.3) is 0 Å². The van der Waals surface area contributed by atoms with Crippen molar-refractivity contribution in [3.63, 3.8) is 0 Å². The van der Waals surface area contributed by atoms with Gasteiger partial charge < -0.3 is 9.97 Å². The second kappa shape index (κ2) is 20.2. The minimum atomic E-state index is 0.546. The fourth-order valence-corrected chi connectivity index (χ4v) is 7.00. The van der Waals surface area contributed by atoms with Gasteiger partial charge in [-0.25, -0.2) is 4.98 Å². The van der Waals surface area contributed by atoms with Gasteiger partial charge in [0, 0.05) is 53.1 Å². The molecule has 7 heteroatoms. The van der Waals surface area contributed by atoms with Gasteiger partial charge in [-0.05, 0) is 121 Å². The minimum Gasteiger partial charge on any atom is -0.360 e. The molecule has 0 saturated heterocycles. The van der Waals surface area contributed by atoms with Crippen LogP contribution in [0.1, 0.15) is 130 Å². The van der Waals surface area contributed by atoms with Crippen molar-refractivity contribution in [2.24, 2.45) is 15.9 Å². The summed E-state index contributed by atoms with van der Waals surface area (Å²) in [6.45, 7) is 26.1. The van der Waals surface area contributed by atoms with Crippen LogP contribution >= 0.6 is 11.3 Å². The van der Waals surface area contributed by atoms with Crippen molar-refractivity contribution in [3.8, 4) is 0 Å². The molecular formula is C47H62N6S. The number of hydrogen-bond donors (Lipinski definition) is 2. The Morgan fingerprint density at radius 1 is 0.741 bits per heavy atom. The maximum absolute atomic E-state index is 4.36. The Morgan fingerprint density at radius 3 is 2.09 bits per heavy atom. The number of pyridine rings is 1. The number of allylic oxidation sites excluding steroid dienone is 2. The van der Waals surface area contributed by atoms with Gasteiger partial charge in [0.05, 0.1) is 27.8 Å². The van der Waals surface area contributed by atoms with Gasteiger partial charge >= 0.3 is 0 Å². The molecule has 0 atom stereocenters. The first-order valence-electron chi connectivity index (χ1n) is 19.6. The molecule has 6 nitrogen and oxygen atoms in total. The fraction of sp³-hybridized carbons (Fsp3) is 0.404. The smallest absolute Gasteiger partial charge is 0.104 e. The van der Waals surface area contributed by atoms with Crippen LogP contribution in [0.25, 0.3) is 22.1 Å². The number of nitrogens with zero attached hydrogens (tertiary/aromatic N) is 4. The van der Waals surface area contributed by atoms with E-state index in [1.54, 1.807) is 0 Å². The third-order valence-electron chi connectivity index (χ3n) is 9.38. The number of hydrogen-bond acceptors (Lipinski definition) is 5. The molecule has 0 radical (unpaired) electrons. The number of aliphatic imine (C=N–C) groups is 2. The van der Waals surface area contributed by atoms with E-state index in [0.29, 0.717) is 23.7 Å². The van der Waals surface area contributed by atoms with E-state index < -0.39 is 0 Å². The lowest BCUT2D eigenvalue weighted by Gasteiger charge is -2.11. The van der Waals surface area contributed by atoms with Crippen molar-refractivity contribution in [2.45, 2.75) is 120 Å². The van der Waals surface area contributed by atoms with E-state index in [1.165, 1.54) is 49.0 Å². The van der Waals surface area contributed by atoms with E-state index in [0.717, 1.165) is 47.2 Å². The number of aromatic amines is 2. The van der Waals surface area contributed by atoms with Crippen molar-refractivity contribution in [1.29, 1.82) is 0 Å². The lowest BCUT2D eigenvalue weighted by molar-refractivity contribution is 0.761. The van der Waals surface area contributed by atoms with E-state index in [4.69, 9.17) is 0 Å². The second-order valence-corrected chi connectivity index (χ2v) is 16.6. The zero-order valence-corrected chi connectivity index (χ0v) is 35.5. The lowest BCUT2D eigenvalue weighted by atomic mass is 9.95. The first-order valence-corrected chi connectivity index (χ1v) is 20.4. The van der Waals surface area contributed by atoms with Gasteiger partial charge in [0.15, 0.2) is 0 Å².